The average molecular weight is 625 g/mol. The summed E-state index contributed by atoms with van der Waals surface area (Å²) in [7, 11) is 0. The summed E-state index contributed by atoms with van der Waals surface area (Å²) in [6.07, 6.45) is 0.659. The van der Waals surface area contributed by atoms with Crippen molar-refractivity contribution < 1.29 is 38.9 Å². The van der Waals surface area contributed by atoms with E-state index in [-0.39, 0.29) is 44.8 Å². The van der Waals surface area contributed by atoms with Crippen molar-refractivity contribution in [2.24, 2.45) is 5.16 Å². The molecule has 1 fully saturated rings. The fourth-order valence-corrected chi connectivity index (χ4v) is 6.84. The largest absolute Gasteiger partial charge is 0.543 e. The molecule has 0 aliphatic carbocycles. The number of anilines is 3. The number of thiazole rings is 1. The van der Waals surface area contributed by atoms with Gasteiger partial charge in [-0.3, -0.25) is 20.3 Å². The molecule has 0 bridgehead atoms. The number of nitrogen functional groups attached to an aromatic ring is 4. The zero-order valence-electron chi connectivity index (χ0n) is 21.4. The number of β-lactam (4-membered cyclic amide) rings is 1. The lowest BCUT2D eigenvalue weighted by Crippen LogP contribution is -2.71. The molecule has 2 unspecified atom stereocenters. The zero-order chi connectivity index (χ0) is 30.2. The minimum absolute atomic E-state index is 0.0181. The van der Waals surface area contributed by atoms with Crippen molar-refractivity contribution in [1.29, 1.82) is 0 Å². The minimum Gasteiger partial charge on any atom is -0.543 e. The number of aromatic nitrogens is 3. The number of oxime groups is 1. The number of nitrogens with two attached hydrogens (primary N) is 4. The Labute approximate surface area is 243 Å². The summed E-state index contributed by atoms with van der Waals surface area (Å²) in [4.78, 5) is 63.2. The van der Waals surface area contributed by atoms with E-state index < -0.39 is 40.8 Å². The molecule has 2 aliphatic rings. The number of nitrogens with one attached hydrogen (secondary N) is 1. The second kappa shape index (κ2) is 11.3. The van der Waals surface area contributed by atoms with Crippen molar-refractivity contribution >= 4 is 81.6 Å². The molecule has 0 aromatic carbocycles. The SMILES string of the molecule is Cc1c(N)nc(SCC2=C(C(=O)[O-])N3C(=O)C(NC(=O)/C=N\O[C@@](C)(C(=O)O)c4csc(N)n4)C3SC2)[n+](N)c1N. The van der Waals surface area contributed by atoms with Crippen LogP contribution in [-0.4, -0.2) is 72.9 Å². The monoisotopic (exact) mass is 624 g/mol. The molecule has 4 rings (SSSR count). The Morgan fingerprint density at radius 1 is 1.39 bits per heavy atom. The number of amides is 2. The molecule has 218 valence electrons. The fraction of sp³-hybridized carbons (Fsp3) is 0.333. The summed E-state index contributed by atoms with van der Waals surface area (Å²) in [5.74, 6) is 2.06. The second-order valence-electron chi connectivity index (χ2n) is 8.82. The van der Waals surface area contributed by atoms with Crippen LogP contribution in [0.4, 0.5) is 16.8 Å². The van der Waals surface area contributed by atoms with Crippen LogP contribution in [0.5, 0.6) is 0 Å². The van der Waals surface area contributed by atoms with E-state index in [1.54, 1.807) is 6.92 Å². The third kappa shape index (κ3) is 5.52. The van der Waals surface area contributed by atoms with E-state index in [0.717, 1.165) is 32.7 Å². The van der Waals surface area contributed by atoms with Crippen LogP contribution in [0.15, 0.2) is 27.0 Å². The Bertz CT molecular complexity index is 1510. The zero-order valence-corrected chi connectivity index (χ0v) is 23.8. The summed E-state index contributed by atoms with van der Waals surface area (Å²) in [6.45, 7) is 2.83. The van der Waals surface area contributed by atoms with Gasteiger partial charge in [0.05, 0.1) is 17.2 Å². The Morgan fingerprint density at radius 2 is 2.10 bits per heavy atom. The van der Waals surface area contributed by atoms with Crippen LogP contribution in [0.1, 0.15) is 18.2 Å². The number of carbonyl (C=O) groups is 4. The number of carboxylic acid groups (broad SMARTS) is 2. The maximum absolute atomic E-state index is 12.9. The summed E-state index contributed by atoms with van der Waals surface area (Å²) in [5, 5.41) is 28.4. The minimum atomic E-state index is -2.02. The van der Waals surface area contributed by atoms with Gasteiger partial charge in [0.2, 0.25) is 11.6 Å². The maximum atomic E-state index is 12.9. The van der Waals surface area contributed by atoms with Gasteiger partial charge in [-0.1, -0.05) is 10.1 Å². The molecule has 0 spiro atoms. The molecule has 2 aliphatic heterocycles. The molecule has 0 radical (unpaired) electrons. The Hall–Kier alpha value is -4.30. The molecule has 41 heavy (non-hydrogen) atoms. The smallest absolute Gasteiger partial charge is 0.357 e. The standard InChI is InChI=1S/C21H24N10O7S3/c1-7-13(22)29-20(31(25)14(7)23)41-5-8-4-39-16-11(15(33)30(16)12(8)17(34)35)28-10(32)3-26-38-21(2,18(36)37)9-6-40-19(24)27-9/h3,6,11,16H,4-5,25H2,1-2H3,(H8,22,23,24,27,28,32,34,35,36,37)/b26-3-/t11?,16?,21-/m1/s1. The lowest BCUT2D eigenvalue weighted by Gasteiger charge is -2.50. The second-order valence-corrected chi connectivity index (χ2v) is 11.8. The van der Waals surface area contributed by atoms with Gasteiger partial charge in [0.25, 0.3) is 17.4 Å². The van der Waals surface area contributed by atoms with E-state index in [0.29, 0.717) is 17.4 Å². The van der Waals surface area contributed by atoms with Crippen molar-refractivity contribution in [2.45, 2.75) is 36.0 Å². The molecule has 2 amide bonds. The number of hydrogen-bond donors (Lipinski definition) is 6. The number of carboxylic acids is 2. The molecule has 0 saturated carbocycles. The molecule has 2 aromatic heterocycles. The topological polar surface area (TPSA) is 282 Å². The van der Waals surface area contributed by atoms with Gasteiger partial charge in [0.1, 0.15) is 23.3 Å². The molecular formula is C21H24N10O7S3. The maximum Gasteiger partial charge on any atom is 0.357 e. The highest BCUT2D eigenvalue weighted by Crippen LogP contribution is 2.41. The Kier molecular flexibility index (Phi) is 8.17. The van der Waals surface area contributed by atoms with Crippen molar-refractivity contribution in [2.75, 3.05) is 34.5 Å². The summed E-state index contributed by atoms with van der Waals surface area (Å²) < 4.78 is 1.13. The summed E-state index contributed by atoms with van der Waals surface area (Å²) in [6, 6.07) is -1.07. The number of nitrogens with zero attached hydrogens (tertiary/aromatic N) is 5. The van der Waals surface area contributed by atoms with E-state index in [4.69, 9.17) is 27.9 Å². The van der Waals surface area contributed by atoms with Crippen LogP contribution in [0.2, 0.25) is 0 Å². The van der Waals surface area contributed by atoms with Crippen LogP contribution in [0.3, 0.4) is 0 Å². The molecule has 20 heteroatoms. The van der Waals surface area contributed by atoms with Crippen molar-refractivity contribution in [1.82, 2.24) is 20.2 Å². The van der Waals surface area contributed by atoms with E-state index in [9.17, 15) is 29.4 Å². The number of fused-ring (bicyclic) bond motifs is 1. The first kappa shape index (κ1) is 29.7. The van der Waals surface area contributed by atoms with E-state index >= 15 is 0 Å². The third-order valence-electron chi connectivity index (χ3n) is 6.19. The summed E-state index contributed by atoms with van der Waals surface area (Å²) in [5.41, 5.74) is 15.9. The first-order valence-corrected chi connectivity index (χ1v) is 14.4. The predicted octanol–water partition coefficient (Wildman–Crippen LogP) is -2.91. The van der Waals surface area contributed by atoms with Crippen LogP contribution < -0.4 is 38.1 Å². The molecule has 10 N–H and O–H groups in total. The highest BCUT2D eigenvalue weighted by molar-refractivity contribution is 8.01. The van der Waals surface area contributed by atoms with Crippen molar-refractivity contribution in [3.8, 4) is 0 Å². The molecule has 3 atom stereocenters. The molecule has 4 heterocycles. The fourth-order valence-electron chi connectivity index (χ4n) is 3.76. The number of thioether (sulfide) groups is 2. The van der Waals surface area contributed by atoms with E-state index in [2.05, 4.69) is 20.4 Å². The van der Waals surface area contributed by atoms with Gasteiger partial charge in [0, 0.05) is 16.9 Å². The van der Waals surface area contributed by atoms with Gasteiger partial charge in [-0.2, -0.15) is 0 Å². The van der Waals surface area contributed by atoms with Gasteiger partial charge in [-0.05, 0) is 31.2 Å². The van der Waals surface area contributed by atoms with Gasteiger partial charge >= 0.3 is 11.1 Å². The van der Waals surface area contributed by atoms with Gasteiger partial charge in [-0.25, -0.2) is 9.78 Å². The van der Waals surface area contributed by atoms with Gasteiger partial charge in [0.15, 0.2) is 5.13 Å². The number of carbonyl (C=O) groups excluding carboxylic acids is 3. The molecular weight excluding hydrogens is 600 g/mol. The third-order valence-corrected chi connectivity index (χ3v) is 9.24. The Morgan fingerprint density at radius 3 is 2.71 bits per heavy atom. The Balaban J connectivity index is 1.42. The average Bonchev–Trinajstić information content (AvgIpc) is 3.37. The normalized spacial score (nSPS) is 19.9. The number of rotatable bonds is 10. The predicted molar refractivity (Wildman–Crippen MR) is 147 cm³/mol. The molecule has 2 aromatic rings. The highest BCUT2D eigenvalue weighted by Gasteiger charge is 2.52. The van der Waals surface area contributed by atoms with Gasteiger partial charge in [-0.15, -0.1) is 27.8 Å². The van der Waals surface area contributed by atoms with E-state index in [1.807, 2.05) is 0 Å². The summed E-state index contributed by atoms with van der Waals surface area (Å²) >= 11 is 3.30. The molecule has 1 saturated heterocycles. The van der Waals surface area contributed by atoms with Crippen LogP contribution in [0.25, 0.3) is 0 Å². The lowest BCUT2D eigenvalue weighted by atomic mass is 10.0. The van der Waals surface area contributed by atoms with Crippen molar-refractivity contribution in [3.05, 3.63) is 27.9 Å². The van der Waals surface area contributed by atoms with E-state index in [1.165, 1.54) is 24.1 Å². The first-order valence-electron chi connectivity index (χ1n) is 11.5. The number of hydrogen-bond acceptors (Lipinski definition) is 16. The quantitative estimate of drug-likeness (QED) is 0.0294. The lowest BCUT2D eigenvalue weighted by molar-refractivity contribution is -0.667. The molecule has 17 nitrogen and oxygen atoms in total. The number of aliphatic carboxylic acids is 2. The van der Waals surface area contributed by atoms with Gasteiger partial charge < -0.3 is 42.4 Å². The van der Waals surface area contributed by atoms with Crippen LogP contribution in [0, 0.1) is 6.92 Å². The highest BCUT2D eigenvalue weighted by atomic mass is 32.2. The van der Waals surface area contributed by atoms with Crippen LogP contribution in [-0.2, 0) is 29.6 Å². The van der Waals surface area contributed by atoms with Crippen molar-refractivity contribution in [3.63, 3.8) is 0 Å². The van der Waals surface area contributed by atoms with Crippen LogP contribution >= 0.6 is 34.9 Å². The first-order chi connectivity index (χ1) is 19.3.